The Kier molecular flexibility index (Phi) is 8.30. The minimum absolute atomic E-state index is 0.569. The number of hydrogen-bond acceptors (Lipinski definition) is 4. The molecule has 0 unspecified atom stereocenters. The lowest BCUT2D eigenvalue weighted by molar-refractivity contribution is 0.278. The molecule has 1 heterocycles. The van der Waals surface area contributed by atoms with Gasteiger partial charge in [0, 0.05) is 50.2 Å². The number of rotatable bonds is 8. The number of likely N-dealkylation sites (N-methyl/N-ethyl adjacent to an activating group) is 1. The van der Waals surface area contributed by atoms with E-state index in [1.54, 1.807) is 18.4 Å². The van der Waals surface area contributed by atoms with Crippen LogP contribution in [0.4, 0.5) is 0 Å². The summed E-state index contributed by atoms with van der Waals surface area (Å²) in [6, 6.07) is 0.569. The Bertz CT molecular complexity index is 427. The van der Waals surface area contributed by atoms with Crippen LogP contribution in [-0.2, 0) is 12.8 Å². The summed E-state index contributed by atoms with van der Waals surface area (Å²) in [6.45, 7) is 9.32. The van der Waals surface area contributed by atoms with Crippen LogP contribution < -0.4 is 10.6 Å². The molecule has 0 aliphatic carbocycles. The summed E-state index contributed by atoms with van der Waals surface area (Å²) >= 11 is 1.80. The number of guanidine groups is 1. The van der Waals surface area contributed by atoms with Crippen molar-refractivity contribution in [3.8, 4) is 0 Å². The van der Waals surface area contributed by atoms with Gasteiger partial charge in [-0.15, -0.1) is 11.3 Å². The highest BCUT2D eigenvalue weighted by atomic mass is 32.1. The topological polar surface area (TPSA) is 52.6 Å². The van der Waals surface area contributed by atoms with Gasteiger partial charge in [0.1, 0.15) is 0 Å². The highest BCUT2D eigenvalue weighted by molar-refractivity contribution is 7.11. The van der Waals surface area contributed by atoms with Crippen molar-refractivity contribution in [1.29, 1.82) is 0 Å². The minimum Gasteiger partial charge on any atom is -0.356 e. The molecular formula is C15H29N5S. The smallest absolute Gasteiger partial charge is 0.191 e. The molecule has 120 valence electrons. The van der Waals surface area contributed by atoms with Crippen molar-refractivity contribution in [3.63, 3.8) is 0 Å². The van der Waals surface area contributed by atoms with Gasteiger partial charge in [-0.2, -0.15) is 0 Å². The van der Waals surface area contributed by atoms with Crippen molar-refractivity contribution >= 4 is 17.3 Å². The van der Waals surface area contributed by atoms with Crippen LogP contribution in [0.3, 0.4) is 0 Å². The van der Waals surface area contributed by atoms with Crippen molar-refractivity contribution in [2.24, 2.45) is 4.99 Å². The van der Waals surface area contributed by atoms with Crippen molar-refractivity contribution in [3.05, 3.63) is 16.1 Å². The van der Waals surface area contributed by atoms with Gasteiger partial charge in [-0.25, -0.2) is 4.98 Å². The molecule has 0 radical (unpaired) electrons. The van der Waals surface area contributed by atoms with E-state index in [2.05, 4.69) is 53.3 Å². The Morgan fingerprint density at radius 3 is 2.67 bits per heavy atom. The van der Waals surface area contributed by atoms with Crippen molar-refractivity contribution in [1.82, 2.24) is 20.5 Å². The lowest BCUT2D eigenvalue weighted by Crippen LogP contribution is -2.42. The molecule has 1 aromatic heterocycles. The molecule has 6 heteroatoms. The highest BCUT2D eigenvalue weighted by Crippen LogP contribution is 2.13. The first-order valence-corrected chi connectivity index (χ1v) is 8.46. The lowest BCUT2D eigenvalue weighted by Gasteiger charge is -2.21. The zero-order valence-electron chi connectivity index (χ0n) is 13.9. The predicted molar refractivity (Wildman–Crippen MR) is 92.3 cm³/mol. The zero-order valence-corrected chi connectivity index (χ0v) is 14.8. The SMILES string of the molecule is CCc1cnc(CCNC(=NC)NCCN(C)C(C)C)s1. The van der Waals surface area contributed by atoms with E-state index in [1.165, 1.54) is 9.88 Å². The fourth-order valence-electron chi connectivity index (χ4n) is 1.74. The van der Waals surface area contributed by atoms with Gasteiger partial charge in [0.2, 0.25) is 0 Å². The van der Waals surface area contributed by atoms with Gasteiger partial charge in [-0.3, -0.25) is 4.99 Å². The Balaban J connectivity index is 2.22. The number of hydrogen-bond donors (Lipinski definition) is 2. The van der Waals surface area contributed by atoms with Crippen LogP contribution in [0, 0.1) is 0 Å². The summed E-state index contributed by atoms with van der Waals surface area (Å²) in [6.07, 6.45) is 3.99. The molecule has 0 amide bonds. The minimum atomic E-state index is 0.569. The molecule has 1 aromatic rings. The van der Waals surface area contributed by atoms with Crippen LogP contribution in [-0.4, -0.2) is 55.6 Å². The first-order chi connectivity index (χ1) is 10.1. The van der Waals surface area contributed by atoms with E-state index in [1.807, 2.05) is 6.20 Å². The number of aliphatic imine (C=N–C) groups is 1. The fourth-order valence-corrected chi connectivity index (χ4v) is 2.61. The summed E-state index contributed by atoms with van der Waals surface area (Å²) in [4.78, 5) is 12.3. The van der Waals surface area contributed by atoms with Gasteiger partial charge in [0.25, 0.3) is 0 Å². The van der Waals surface area contributed by atoms with Crippen LogP contribution in [0.15, 0.2) is 11.2 Å². The number of nitrogens with zero attached hydrogens (tertiary/aromatic N) is 3. The van der Waals surface area contributed by atoms with E-state index in [0.29, 0.717) is 6.04 Å². The summed E-state index contributed by atoms with van der Waals surface area (Å²) < 4.78 is 0. The second-order valence-electron chi connectivity index (χ2n) is 5.32. The fraction of sp³-hybridized carbons (Fsp3) is 0.733. The normalized spacial score (nSPS) is 12.2. The van der Waals surface area contributed by atoms with Crippen LogP contribution >= 0.6 is 11.3 Å². The van der Waals surface area contributed by atoms with E-state index < -0.39 is 0 Å². The third kappa shape index (κ3) is 6.91. The molecule has 2 N–H and O–H groups in total. The molecule has 0 spiro atoms. The maximum absolute atomic E-state index is 4.43. The van der Waals surface area contributed by atoms with Crippen LogP contribution in [0.25, 0.3) is 0 Å². The second-order valence-corrected chi connectivity index (χ2v) is 6.52. The molecule has 0 bridgehead atoms. The molecule has 0 saturated heterocycles. The van der Waals surface area contributed by atoms with Gasteiger partial charge in [-0.1, -0.05) is 6.92 Å². The van der Waals surface area contributed by atoms with Crippen LogP contribution in [0.2, 0.25) is 0 Å². The Hall–Kier alpha value is -1.14. The Morgan fingerprint density at radius 2 is 2.10 bits per heavy atom. The van der Waals surface area contributed by atoms with Crippen molar-refractivity contribution in [2.45, 2.75) is 39.7 Å². The molecule has 5 nitrogen and oxygen atoms in total. The first kappa shape index (κ1) is 17.9. The summed E-state index contributed by atoms with van der Waals surface area (Å²) in [5.41, 5.74) is 0. The van der Waals surface area contributed by atoms with E-state index >= 15 is 0 Å². The van der Waals surface area contributed by atoms with Crippen LogP contribution in [0.5, 0.6) is 0 Å². The Labute approximate surface area is 132 Å². The number of aromatic nitrogens is 1. The zero-order chi connectivity index (χ0) is 15.7. The molecule has 0 aliphatic heterocycles. The maximum Gasteiger partial charge on any atom is 0.191 e. The lowest BCUT2D eigenvalue weighted by atomic mass is 10.3. The third-order valence-corrected chi connectivity index (χ3v) is 4.64. The largest absolute Gasteiger partial charge is 0.356 e. The summed E-state index contributed by atoms with van der Waals surface area (Å²) in [5.74, 6) is 0.861. The maximum atomic E-state index is 4.43. The van der Waals surface area contributed by atoms with Gasteiger partial charge in [0.15, 0.2) is 5.96 Å². The highest BCUT2D eigenvalue weighted by Gasteiger charge is 2.04. The quantitative estimate of drug-likeness (QED) is 0.567. The van der Waals surface area contributed by atoms with Gasteiger partial charge in [0.05, 0.1) is 5.01 Å². The number of thiazole rings is 1. The average Bonchev–Trinajstić information content (AvgIpc) is 2.93. The molecule has 0 atom stereocenters. The molecular weight excluding hydrogens is 282 g/mol. The molecule has 0 saturated carbocycles. The molecule has 0 aliphatic rings. The monoisotopic (exact) mass is 311 g/mol. The van der Waals surface area contributed by atoms with Crippen molar-refractivity contribution < 1.29 is 0 Å². The van der Waals surface area contributed by atoms with E-state index in [-0.39, 0.29) is 0 Å². The molecule has 0 fully saturated rings. The van der Waals surface area contributed by atoms with E-state index in [4.69, 9.17) is 0 Å². The average molecular weight is 311 g/mol. The van der Waals surface area contributed by atoms with Crippen molar-refractivity contribution in [2.75, 3.05) is 33.7 Å². The number of nitrogens with one attached hydrogen (secondary N) is 2. The number of aryl methyl sites for hydroxylation is 1. The first-order valence-electron chi connectivity index (χ1n) is 7.65. The van der Waals surface area contributed by atoms with Gasteiger partial charge >= 0.3 is 0 Å². The summed E-state index contributed by atoms with van der Waals surface area (Å²) in [7, 11) is 3.94. The van der Waals surface area contributed by atoms with Crippen LogP contribution in [0.1, 0.15) is 30.7 Å². The second kappa shape index (κ2) is 9.73. The van der Waals surface area contributed by atoms with Gasteiger partial charge < -0.3 is 15.5 Å². The third-order valence-electron chi connectivity index (χ3n) is 3.44. The van der Waals surface area contributed by atoms with E-state index in [0.717, 1.165) is 38.4 Å². The standard InChI is InChI=1S/C15H29N5S/c1-6-13-11-19-14(21-13)7-8-17-15(16-4)18-9-10-20(5)12(2)3/h11-12H,6-10H2,1-5H3,(H2,16,17,18). The Morgan fingerprint density at radius 1 is 1.38 bits per heavy atom. The molecule has 21 heavy (non-hydrogen) atoms. The van der Waals surface area contributed by atoms with E-state index in [9.17, 15) is 0 Å². The molecule has 0 aromatic carbocycles. The molecule has 1 rings (SSSR count). The summed E-state index contributed by atoms with van der Waals surface area (Å²) in [5, 5.41) is 7.86. The van der Waals surface area contributed by atoms with Gasteiger partial charge in [-0.05, 0) is 27.3 Å². The predicted octanol–water partition coefficient (Wildman–Crippen LogP) is 1.75.